The molecule has 0 saturated heterocycles. The summed E-state index contributed by atoms with van der Waals surface area (Å²) in [4.78, 5) is 0. The quantitative estimate of drug-likeness (QED) is 0.394. The largest absolute Gasteiger partial charge is 0.0993 e. The van der Waals surface area contributed by atoms with Crippen LogP contribution in [0.4, 0.5) is 0 Å². The molecule has 0 bridgehead atoms. The highest BCUT2D eigenvalue weighted by molar-refractivity contribution is 5.39. The van der Waals surface area contributed by atoms with Crippen molar-refractivity contribution in [3.8, 4) is 0 Å². The molecule has 0 aliphatic heterocycles. The zero-order valence-electron chi connectivity index (χ0n) is 23.7. The Morgan fingerprint density at radius 3 is 2.29 bits per heavy atom. The molecule has 4 fully saturated rings. The van der Waals surface area contributed by atoms with Gasteiger partial charge in [0.25, 0.3) is 0 Å². The van der Waals surface area contributed by atoms with E-state index in [9.17, 15) is 0 Å². The van der Waals surface area contributed by atoms with Crippen molar-refractivity contribution in [2.45, 2.75) is 113 Å². The van der Waals surface area contributed by atoms with Gasteiger partial charge in [-0.25, -0.2) is 0 Å². The van der Waals surface area contributed by atoms with Crippen molar-refractivity contribution in [1.29, 1.82) is 0 Å². The summed E-state index contributed by atoms with van der Waals surface area (Å²) in [5.41, 5.74) is 9.06. The summed E-state index contributed by atoms with van der Waals surface area (Å²) in [6.07, 6.45) is 12.8. The lowest BCUT2D eigenvalue weighted by Gasteiger charge is -2.64. The molecule has 0 nitrogen and oxygen atoms in total. The van der Waals surface area contributed by atoms with Gasteiger partial charge in [0.2, 0.25) is 0 Å². The highest BCUT2D eigenvalue weighted by Gasteiger charge is 2.62. The smallest absolute Gasteiger partial charge is 0.0114 e. The van der Waals surface area contributed by atoms with Crippen molar-refractivity contribution < 1.29 is 0 Å². The summed E-state index contributed by atoms with van der Waals surface area (Å²) in [6.45, 7) is 24.5. The van der Waals surface area contributed by atoms with Gasteiger partial charge >= 0.3 is 0 Å². The molecule has 5 rings (SSSR count). The molecule has 0 amide bonds. The molecule has 0 aromatic heterocycles. The molecular formula is C34H52. The highest BCUT2D eigenvalue weighted by Crippen LogP contribution is 2.70. The van der Waals surface area contributed by atoms with Crippen LogP contribution in [0.1, 0.15) is 108 Å². The van der Waals surface area contributed by atoms with E-state index in [0.29, 0.717) is 16.2 Å². The van der Waals surface area contributed by atoms with Crippen LogP contribution in [0.3, 0.4) is 0 Å². The molecule has 4 saturated carbocycles. The minimum Gasteiger partial charge on any atom is -0.0993 e. The van der Waals surface area contributed by atoms with Gasteiger partial charge in [0.05, 0.1) is 0 Å². The van der Waals surface area contributed by atoms with E-state index in [4.69, 9.17) is 0 Å². The van der Waals surface area contributed by atoms with E-state index in [1.54, 1.807) is 11.1 Å². The first kappa shape index (κ1) is 24.6. The first-order valence-corrected chi connectivity index (χ1v) is 14.6. The number of rotatable bonds is 3. The van der Waals surface area contributed by atoms with Crippen LogP contribution in [0.25, 0.3) is 0 Å². The van der Waals surface area contributed by atoms with Crippen molar-refractivity contribution in [3.63, 3.8) is 0 Å². The molecule has 0 heterocycles. The van der Waals surface area contributed by atoms with E-state index in [0.717, 1.165) is 35.5 Å². The van der Waals surface area contributed by atoms with Gasteiger partial charge < -0.3 is 0 Å². The molecule has 0 heteroatoms. The second-order valence-electron chi connectivity index (χ2n) is 14.5. The molecule has 0 N–H and O–H groups in total. The fourth-order valence-electron chi connectivity index (χ4n) is 10.7. The van der Waals surface area contributed by atoms with Crippen LogP contribution in [0.15, 0.2) is 24.3 Å². The number of benzene rings is 1. The normalized spacial score (nSPS) is 42.0. The molecule has 34 heavy (non-hydrogen) atoms. The van der Waals surface area contributed by atoms with Gasteiger partial charge in [0.15, 0.2) is 0 Å². The minimum atomic E-state index is 0.329. The maximum absolute atomic E-state index is 4.54. The van der Waals surface area contributed by atoms with E-state index in [1.807, 2.05) is 0 Å². The first-order valence-electron chi connectivity index (χ1n) is 14.6. The standard InChI is InChI=1S/C34H52/c1-21-10-11-26(25(5)24(21)4)20-22(2)28-13-14-29-27-12-15-31-32(6,7)23(3)16-18-34(31,9)30(27)17-19-33(28,29)8/h10-11,22,27-31H,3,12-20H2,1-2,4-9H3. The van der Waals surface area contributed by atoms with Gasteiger partial charge in [-0.05, 0) is 153 Å². The van der Waals surface area contributed by atoms with E-state index in [-0.39, 0.29) is 0 Å². The maximum atomic E-state index is 4.54. The number of hydrogen-bond acceptors (Lipinski definition) is 0. The third-order valence-corrected chi connectivity index (χ3v) is 13.1. The molecule has 1 aromatic carbocycles. The minimum absolute atomic E-state index is 0.329. The van der Waals surface area contributed by atoms with Crippen LogP contribution in [0.5, 0.6) is 0 Å². The highest BCUT2D eigenvalue weighted by atomic mass is 14.7. The summed E-state index contributed by atoms with van der Waals surface area (Å²) >= 11 is 0. The Hall–Kier alpha value is -1.04. The monoisotopic (exact) mass is 460 g/mol. The van der Waals surface area contributed by atoms with E-state index in [2.05, 4.69) is 74.1 Å². The van der Waals surface area contributed by atoms with Crippen molar-refractivity contribution in [1.82, 2.24) is 0 Å². The topological polar surface area (TPSA) is 0 Å². The fourth-order valence-corrected chi connectivity index (χ4v) is 10.7. The third kappa shape index (κ3) is 3.43. The molecule has 0 radical (unpaired) electrons. The lowest BCUT2D eigenvalue weighted by molar-refractivity contribution is -0.134. The number of fused-ring (bicyclic) bond motifs is 5. The SMILES string of the molecule is C=C1CCC2(C)C3CCC4(C)C(C(C)Cc5ccc(C)c(C)c5C)CCC4C3CCC2C1(C)C. The summed E-state index contributed by atoms with van der Waals surface area (Å²) in [5.74, 6) is 5.42. The van der Waals surface area contributed by atoms with Crippen LogP contribution in [0.2, 0.25) is 0 Å². The van der Waals surface area contributed by atoms with Gasteiger partial charge in [0.1, 0.15) is 0 Å². The number of aryl methyl sites for hydroxylation is 1. The predicted molar refractivity (Wildman–Crippen MR) is 147 cm³/mol. The van der Waals surface area contributed by atoms with Crippen molar-refractivity contribution in [2.75, 3.05) is 0 Å². The summed E-state index contributed by atoms with van der Waals surface area (Å²) in [5, 5.41) is 0. The first-order chi connectivity index (χ1) is 15.9. The summed E-state index contributed by atoms with van der Waals surface area (Å²) in [7, 11) is 0. The number of allylic oxidation sites excluding steroid dienone is 1. The van der Waals surface area contributed by atoms with Crippen LogP contribution in [-0.4, -0.2) is 0 Å². The molecule has 8 atom stereocenters. The Kier molecular flexibility index (Phi) is 5.98. The van der Waals surface area contributed by atoms with Gasteiger partial charge in [-0.15, -0.1) is 0 Å². The Bertz CT molecular complexity index is 964. The Morgan fingerprint density at radius 1 is 0.853 bits per heavy atom. The maximum Gasteiger partial charge on any atom is -0.0114 e. The fraction of sp³-hybridized carbons (Fsp3) is 0.765. The van der Waals surface area contributed by atoms with Crippen molar-refractivity contribution in [3.05, 3.63) is 46.5 Å². The molecule has 1 aromatic rings. The third-order valence-electron chi connectivity index (χ3n) is 13.1. The number of hydrogen-bond donors (Lipinski definition) is 0. The van der Waals surface area contributed by atoms with Gasteiger partial charge in [0, 0.05) is 0 Å². The second kappa shape index (κ2) is 8.24. The second-order valence-corrected chi connectivity index (χ2v) is 14.5. The van der Waals surface area contributed by atoms with Crippen LogP contribution < -0.4 is 0 Å². The molecule has 188 valence electrons. The zero-order chi connectivity index (χ0) is 24.6. The van der Waals surface area contributed by atoms with Gasteiger partial charge in [-0.3, -0.25) is 0 Å². The summed E-state index contributed by atoms with van der Waals surface area (Å²) < 4.78 is 0. The van der Waals surface area contributed by atoms with E-state index >= 15 is 0 Å². The lowest BCUT2D eigenvalue weighted by atomic mass is 9.41. The van der Waals surface area contributed by atoms with Crippen molar-refractivity contribution in [2.24, 2.45) is 51.8 Å². The average molecular weight is 461 g/mol. The lowest BCUT2D eigenvalue weighted by Crippen LogP contribution is -2.56. The molecule has 0 spiro atoms. The zero-order valence-corrected chi connectivity index (χ0v) is 23.7. The predicted octanol–water partition coefficient (Wildman–Crippen LogP) is 9.64. The molecule has 4 aliphatic carbocycles. The molecule has 8 unspecified atom stereocenters. The van der Waals surface area contributed by atoms with Crippen molar-refractivity contribution >= 4 is 0 Å². The molecule has 4 aliphatic rings. The summed E-state index contributed by atoms with van der Waals surface area (Å²) in [6, 6.07) is 4.79. The van der Waals surface area contributed by atoms with E-state index in [1.165, 1.54) is 74.5 Å². The van der Waals surface area contributed by atoms with Gasteiger partial charge in [-0.1, -0.05) is 58.9 Å². The van der Waals surface area contributed by atoms with Gasteiger partial charge in [-0.2, -0.15) is 0 Å². The average Bonchev–Trinajstić information content (AvgIpc) is 3.14. The van der Waals surface area contributed by atoms with Crippen LogP contribution in [0, 0.1) is 72.5 Å². The Labute approximate surface area is 211 Å². The molecular weight excluding hydrogens is 408 g/mol. The Morgan fingerprint density at radius 2 is 1.56 bits per heavy atom. The van der Waals surface area contributed by atoms with Crippen LogP contribution in [-0.2, 0) is 6.42 Å². The van der Waals surface area contributed by atoms with E-state index < -0.39 is 0 Å². The Balaban J connectivity index is 1.37. The van der Waals surface area contributed by atoms with Crippen LogP contribution >= 0.6 is 0 Å².